The van der Waals surface area contributed by atoms with Crippen molar-refractivity contribution in [3.63, 3.8) is 0 Å². The van der Waals surface area contributed by atoms with Gasteiger partial charge in [-0.05, 0) is 85.3 Å². The standard InChI is InChI=1S/C34H34O5/c1-7-25-15-29(17-27(33(25)37)13-23-9-19(3)31(35)20(4)10-23)39-30-16-26(8-2)34(38)28(18-30)14-24-11-21(5)32(36)22(6)12-24/h7-12,15-18,35-38H,1-2,13-14H2,3-6H3. The summed E-state index contributed by atoms with van der Waals surface area (Å²) in [6.07, 6.45) is 4.02. The molecule has 4 N–H and O–H groups in total. The minimum absolute atomic E-state index is 0.122. The Morgan fingerprint density at radius 3 is 1.18 bits per heavy atom. The van der Waals surface area contributed by atoms with Crippen LogP contribution in [0, 0.1) is 27.7 Å². The fourth-order valence-corrected chi connectivity index (χ4v) is 4.95. The number of hydrogen-bond acceptors (Lipinski definition) is 5. The number of benzene rings is 4. The van der Waals surface area contributed by atoms with E-state index >= 15 is 0 Å². The molecule has 0 atom stereocenters. The van der Waals surface area contributed by atoms with Gasteiger partial charge in [0.25, 0.3) is 0 Å². The maximum Gasteiger partial charge on any atom is 0.128 e. The predicted octanol–water partition coefficient (Wildman–Crippen LogP) is 8.00. The number of phenols is 4. The third kappa shape index (κ3) is 5.78. The van der Waals surface area contributed by atoms with Gasteiger partial charge in [0.2, 0.25) is 0 Å². The molecule has 0 aliphatic rings. The van der Waals surface area contributed by atoms with Crippen molar-refractivity contribution in [1.29, 1.82) is 0 Å². The highest BCUT2D eigenvalue weighted by atomic mass is 16.5. The fraction of sp³-hybridized carbons (Fsp3) is 0.176. The van der Waals surface area contributed by atoms with Crippen molar-refractivity contribution in [2.45, 2.75) is 40.5 Å². The first-order chi connectivity index (χ1) is 18.5. The summed E-state index contributed by atoms with van der Waals surface area (Å²) in [6.45, 7) is 15.1. The predicted molar refractivity (Wildman–Crippen MR) is 157 cm³/mol. The largest absolute Gasteiger partial charge is 0.507 e. The van der Waals surface area contributed by atoms with Gasteiger partial charge in [-0.3, -0.25) is 0 Å². The molecule has 200 valence electrons. The van der Waals surface area contributed by atoms with Gasteiger partial charge < -0.3 is 25.2 Å². The number of aryl methyl sites for hydroxylation is 4. The smallest absolute Gasteiger partial charge is 0.128 e. The molecule has 0 amide bonds. The van der Waals surface area contributed by atoms with Crippen LogP contribution in [0.3, 0.4) is 0 Å². The van der Waals surface area contributed by atoms with E-state index in [1.165, 1.54) is 0 Å². The average Bonchev–Trinajstić information content (AvgIpc) is 2.89. The summed E-state index contributed by atoms with van der Waals surface area (Å²) < 4.78 is 6.27. The van der Waals surface area contributed by atoms with Crippen molar-refractivity contribution in [1.82, 2.24) is 0 Å². The Bertz CT molecular complexity index is 1430. The first kappa shape index (κ1) is 27.4. The van der Waals surface area contributed by atoms with Crippen molar-refractivity contribution >= 4 is 12.2 Å². The third-order valence-corrected chi connectivity index (χ3v) is 6.95. The van der Waals surface area contributed by atoms with Gasteiger partial charge in [-0.25, -0.2) is 0 Å². The summed E-state index contributed by atoms with van der Waals surface area (Å²) in [6, 6.07) is 14.6. The first-order valence-electron chi connectivity index (χ1n) is 12.7. The second-order valence-corrected chi connectivity index (χ2v) is 10.1. The zero-order valence-corrected chi connectivity index (χ0v) is 22.8. The van der Waals surface area contributed by atoms with Gasteiger partial charge >= 0.3 is 0 Å². The second kappa shape index (κ2) is 11.0. The summed E-state index contributed by atoms with van der Waals surface area (Å²) in [5, 5.41) is 42.0. The number of rotatable bonds is 8. The van der Waals surface area contributed by atoms with E-state index < -0.39 is 0 Å². The van der Waals surface area contributed by atoms with E-state index in [9.17, 15) is 20.4 Å². The summed E-state index contributed by atoms with van der Waals surface area (Å²) in [7, 11) is 0. The number of aromatic hydroxyl groups is 4. The zero-order chi connectivity index (χ0) is 28.4. The van der Waals surface area contributed by atoms with Crippen LogP contribution < -0.4 is 4.74 Å². The summed E-state index contributed by atoms with van der Waals surface area (Å²) in [4.78, 5) is 0. The average molecular weight is 523 g/mol. The Labute approximate surface area is 229 Å². The van der Waals surface area contributed by atoms with Gasteiger partial charge in [0, 0.05) is 35.1 Å². The molecular weight excluding hydrogens is 488 g/mol. The summed E-state index contributed by atoms with van der Waals surface area (Å²) in [5.74, 6) is 1.80. The van der Waals surface area contributed by atoms with Crippen molar-refractivity contribution < 1.29 is 25.2 Å². The highest BCUT2D eigenvalue weighted by Crippen LogP contribution is 2.37. The number of ether oxygens (including phenoxy) is 1. The van der Waals surface area contributed by atoms with E-state index in [0.717, 1.165) is 33.4 Å². The normalized spacial score (nSPS) is 10.9. The van der Waals surface area contributed by atoms with Gasteiger partial charge in [0.15, 0.2) is 0 Å². The molecule has 0 aliphatic carbocycles. The number of phenolic OH excluding ortho intramolecular Hbond substituents is 4. The molecule has 0 heterocycles. The topological polar surface area (TPSA) is 90.2 Å². The molecule has 0 aromatic heterocycles. The highest BCUT2D eigenvalue weighted by Gasteiger charge is 2.15. The Balaban J connectivity index is 1.71. The molecule has 0 radical (unpaired) electrons. The Morgan fingerprint density at radius 1 is 0.538 bits per heavy atom. The fourth-order valence-electron chi connectivity index (χ4n) is 4.95. The molecule has 5 nitrogen and oxygen atoms in total. The van der Waals surface area contributed by atoms with Gasteiger partial charge in [0.1, 0.15) is 34.5 Å². The van der Waals surface area contributed by atoms with E-state index in [2.05, 4.69) is 13.2 Å². The van der Waals surface area contributed by atoms with Crippen LogP contribution in [0.4, 0.5) is 0 Å². The maximum atomic E-state index is 10.9. The summed E-state index contributed by atoms with van der Waals surface area (Å²) >= 11 is 0. The van der Waals surface area contributed by atoms with Gasteiger partial charge in [0.05, 0.1) is 0 Å². The molecule has 4 rings (SSSR count). The second-order valence-electron chi connectivity index (χ2n) is 10.1. The van der Waals surface area contributed by atoms with Crippen molar-refractivity contribution in [3.05, 3.63) is 117 Å². The zero-order valence-electron chi connectivity index (χ0n) is 22.8. The third-order valence-electron chi connectivity index (χ3n) is 6.95. The quantitative estimate of drug-likeness (QED) is 0.188. The molecule has 39 heavy (non-hydrogen) atoms. The lowest BCUT2D eigenvalue weighted by Gasteiger charge is -2.16. The van der Waals surface area contributed by atoms with E-state index in [4.69, 9.17) is 4.74 Å². The minimum Gasteiger partial charge on any atom is -0.507 e. The van der Waals surface area contributed by atoms with Crippen LogP contribution in [0.25, 0.3) is 12.2 Å². The van der Waals surface area contributed by atoms with Crippen LogP contribution in [0.15, 0.2) is 61.7 Å². The van der Waals surface area contributed by atoms with Crippen LogP contribution in [0.1, 0.15) is 55.6 Å². The van der Waals surface area contributed by atoms with Crippen molar-refractivity contribution in [2.75, 3.05) is 0 Å². The van der Waals surface area contributed by atoms with Crippen LogP contribution in [-0.4, -0.2) is 20.4 Å². The Hall–Kier alpha value is -4.64. The minimum atomic E-state index is 0.122. The van der Waals surface area contributed by atoms with E-state index in [1.54, 1.807) is 36.4 Å². The lowest BCUT2D eigenvalue weighted by molar-refractivity contribution is 0.451. The molecule has 0 saturated carbocycles. The lowest BCUT2D eigenvalue weighted by atomic mass is 9.97. The first-order valence-corrected chi connectivity index (χ1v) is 12.7. The molecule has 4 aromatic rings. The highest BCUT2D eigenvalue weighted by molar-refractivity contribution is 5.64. The van der Waals surface area contributed by atoms with Crippen LogP contribution in [0.5, 0.6) is 34.5 Å². The van der Waals surface area contributed by atoms with Crippen LogP contribution >= 0.6 is 0 Å². The molecular formula is C34H34O5. The van der Waals surface area contributed by atoms with Gasteiger partial charge in [-0.2, -0.15) is 0 Å². The molecule has 4 aromatic carbocycles. The van der Waals surface area contributed by atoms with Crippen LogP contribution in [-0.2, 0) is 12.8 Å². The molecule has 0 bridgehead atoms. The monoisotopic (exact) mass is 522 g/mol. The molecule has 0 fully saturated rings. The Morgan fingerprint density at radius 2 is 0.872 bits per heavy atom. The molecule has 0 saturated heterocycles. The van der Waals surface area contributed by atoms with E-state index in [-0.39, 0.29) is 23.0 Å². The van der Waals surface area contributed by atoms with Crippen molar-refractivity contribution in [3.8, 4) is 34.5 Å². The lowest BCUT2D eigenvalue weighted by Crippen LogP contribution is -1.97. The van der Waals surface area contributed by atoms with Gasteiger partial charge in [-0.15, -0.1) is 0 Å². The number of hydrogen-bond donors (Lipinski definition) is 4. The van der Waals surface area contributed by atoms with E-state index in [1.807, 2.05) is 52.0 Å². The van der Waals surface area contributed by atoms with Gasteiger partial charge in [-0.1, -0.05) is 49.6 Å². The SMILES string of the molecule is C=Cc1cc(Oc2cc(C=C)c(O)c(Cc3cc(C)c(O)c(C)c3)c2)cc(Cc2cc(C)c(O)c(C)c2)c1O. The van der Waals surface area contributed by atoms with Crippen molar-refractivity contribution in [2.24, 2.45) is 0 Å². The van der Waals surface area contributed by atoms with Crippen LogP contribution in [0.2, 0.25) is 0 Å². The summed E-state index contributed by atoms with van der Waals surface area (Å²) in [5.41, 5.74) is 7.37. The molecule has 0 unspecified atom stereocenters. The molecule has 5 heteroatoms. The Kier molecular flexibility index (Phi) is 7.73. The van der Waals surface area contributed by atoms with E-state index in [0.29, 0.717) is 46.6 Å². The maximum absolute atomic E-state index is 10.9. The molecule has 0 aliphatic heterocycles. The molecule has 0 spiro atoms.